The van der Waals surface area contributed by atoms with Gasteiger partial charge in [0, 0.05) is 38.6 Å². The van der Waals surface area contributed by atoms with Gasteiger partial charge in [-0.3, -0.25) is 0 Å². The van der Waals surface area contributed by atoms with E-state index in [2.05, 4.69) is 25.5 Å². The molecule has 0 saturated carbocycles. The average Bonchev–Trinajstić information content (AvgIpc) is 2.69. The van der Waals surface area contributed by atoms with Gasteiger partial charge in [0.05, 0.1) is 15.5 Å². The molecule has 0 aliphatic rings. The summed E-state index contributed by atoms with van der Waals surface area (Å²) in [6, 6.07) is 3.21. The van der Waals surface area contributed by atoms with Crippen LogP contribution < -0.4 is 0 Å². The highest BCUT2D eigenvalue weighted by Gasteiger charge is 2.13. The normalized spacial score (nSPS) is 11.4. The Balaban J connectivity index is 2.43. The maximum absolute atomic E-state index is 13.5. The van der Waals surface area contributed by atoms with E-state index in [-0.39, 0.29) is 5.82 Å². The molecule has 3 nitrogen and oxygen atoms in total. The molecule has 0 N–H and O–H groups in total. The first-order chi connectivity index (χ1) is 9.17. The van der Waals surface area contributed by atoms with Gasteiger partial charge in [0.1, 0.15) is 11.6 Å². The van der Waals surface area contributed by atoms with E-state index in [0.29, 0.717) is 28.9 Å². The third-order valence-electron chi connectivity index (χ3n) is 2.92. The van der Waals surface area contributed by atoms with E-state index in [1.165, 1.54) is 6.07 Å². The number of rotatable bonds is 6. The van der Waals surface area contributed by atoms with E-state index < -0.39 is 0 Å². The number of alkyl halides is 1. The molecule has 0 saturated heterocycles. The van der Waals surface area contributed by atoms with Gasteiger partial charge in [0.2, 0.25) is 0 Å². The number of aryl methyl sites for hydroxylation is 2. The maximum Gasteiger partial charge on any atom is 0.139 e. The largest absolute Gasteiger partial charge is 0.385 e. The van der Waals surface area contributed by atoms with Crippen LogP contribution in [0.15, 0.2) is 16.6 Å². The second kappa shape index (κ2) is 6.68. The fourth-order valence-corrected chi connectivity index (χ4v) is 2.56. The van der Waals surface area contributed by atoms with Crippen LogP contribution in [0.3, 0.4) is 0 Å². The predicted molar refractivity (Wildman–Crippen MR) is 78.3 cm³/mol. The van der Waals surface area contributed by atoms with Gasteiger partial charge >= 0.3 is 0 Å². The van der Waals surface area contributed by atoms with Crippen molar-refractivity contribution in [3.8, 4) is 0 Å². The zero-order chi connectivity index (χ0) is 13.8. The molecule has 0 spiro atoms. The molecule has 19 heavy (non-hydrogen) atoms. The minimum absolute atomic E-state index is 0.300. The highest BCUT2D eigenvalue weighted by atomic mass is 79.9. The second-order valence-electron chi connectivity index (χ2n) is 4.22. The number of aromatic nitrogens is 2. The molecule has 6 heteroatoms. The van der Waals surface area contributed by atoms with E-state index in [9.17, 15) is 4.39 Å². The fraction of sp³-hybridized carbons (Fsp3) is 0.462. The van der Waals surface area contributed by atoms with Crippen molar-refractivity contribution in [3.63, 3.8) is 0 Å². The summed E-state index contributed by atoms with van der Waals surface area (Å²) in [6.45, 7) is 1.47. The summed E-state index contributed by atoms with van der Waals surface area (Å²) in [7, 11) is 1.68. The maximum atomic E-state index is 13.5. The number of benzene rings is 1. The number of halogens is 3. The number of hydrogen-bond donors (Lipinski definition) is 0. The number of fused-ring (bicyclic) bond motifs is 1. The van der Waals surface area contributed by atoms with Gasteiger partial charge in [-0.25, -0.2) is 9.37 Å². The summed E-state index contributed by atoms with van der Waals surface area (Å²) < 4.78 is 21.1. The first-order valence-corrected chi connectivity index (χ1v) is 7.39. The molecule has 0 radical (unpaired) electrons. The first kappa shape index (κ1) is 14.8. The Kier molecular flexibility index (Phi) is 5.19. The summed E-state index contributed by atoms with van der Waals surface area (Å²) in [5, 5.41) is 0. The molecule has 0 bridgehead atoms. The van der Waals surface area contributed by atoms with Crippen LogP contribution in [0.25, 0.3) is 11.0 Å². The van der Waals surface area contributed by atoms with Gasteiger partial charge in [-0.1, -0.05) is 0 Å². The van der Waals surface area contributed by atoms with Crippen LogP contribution in [0.4, 0.5) is 4.39 Å². The Morgan fingerprint density at radius 1 is 1.47 bits per heavy atom. The quantitative estimate of drug-likeness (QED) is 0.586. The summed E-state index contributed by atoms with van der Waals surface area (Å²) in [5.41, 5.74) is 1.59. The number of hydrogen-bond acceptors (Lipinski definition) is 2. The molecular formula is C13H15BrClFN2O. The monoisotopic (exact) mass is 348 g/mol. The summed E-state index contributed by atoms with van der Waals surface area (Å²) >= 11 is 9.01. The lowest BCUT2D eigenvalue weighted by Crippen LogP contribution is -2.06. The molecule has 0 aliphatic heterocycles. The van der Waals surface area contributed by atoms with Gasteiger partial charge in [0.15, 0.2) is 0 Å². The lowest BCUT2D eigenvalue weighted by atomic mass is 10.3. The molecule has 1 heterocycles. The first-order valence-electron chi connectivity index (χ1n) is 6.06. The van der Waals surface area contributed by atoms with Crippen molar-refractivity contribution in [3.05, 3.63) is 28.2 Å². The molecule has 1 aromatic heterocycles. The van der Waals surface area contributed by atoms with Crippen molar-refractivity contribution in [1.29, 1.82) is 0 Å². The number of imidazole rings is 1. The molecule has 2 aromatic rings. The van der Waals surface area contributed by atoms with E-state index in [4.69, 9.17) is 16.3 Å². The zero-order valence-corrected chi connectivity index (χ0v) is 13.0. The molecule has 0 fully saturated rings. The van der Waals surface area contributed by atoms with Gasteiger partial charge < -0.3 is 9.30 Å². The minimum Gasteiger partial charge on any atom is -0.385 e. The van der Waals surface area contributed by atoms with Crippen LogP contribution >= 0.6 is 27.5 Å². The Morgan fingerprint density at radius 2 is 2.26 bits per heavy atom. The Hall–Kier alpha value is -0.650. The third kappa shape index (κ3) is 3.27. The van der Waals surface area contributed by atoms with Gasteiger partial charge in [0.25, 0.3) is 0 Å². The molecule has 104 valence electrons. The van der Waals surface area contributed by atoms with Gasteiger partial charge in [-0.2, -0.15) is 0 Å². The Morgan fingerprint density at radius 3 is 2.95 bits per heavy atom. The molecular weight excluding hydrogens is 335 g/mol. The van der Waals surface area contributed by atoms with Crippen LogP contribution in [0, 0.1) is 5.82 Å². The van der Waals surface area contributed by atoms with Crippen LogP contribution in [0.2, 0.25) is 0 Å². The molecule has 1 aromatic carbocycles. The highest BCUT2D eigenvalue weighted by molar-refractivity contribution is 9.10. The van der Waals surface area contributed by atoms with Crippen molar-refractivity contribution < 1.29 is 9.13 Å². The van der Waals surface area contributed by atoms with Crippen LogP contribution in [0.1, 0.15) is 12.2 Å². The van der Waals surface area contributed by atoms with E-state index in [1.807, 2.05) is 0 Å². The molecule has 0 atom stereocenters. The van der Waals surface area contributed by atoms with Crippen molar-refractivity contribution in [2.45, 2.75) is 19.4 Å². The fourth-order valence-electron chi connectivity index (χ4n) is 2.06. The smallest absolute Gasteiger partial charge is 0.139 e. The summed E-state index contributed by atoms with van der Waals surface area (Å²) in [4.78, 5) is 4.46. The van der Waals surface area contributed by atoms with Crippen LogP contribution in [-0.4, -0.2) is 29.1 Å². The Bertz CT molecular complexity index is 573. The van der Waals surface area contributed by atoms with Gasteiger partial charge in [-0.05, 0) is 28.4 Å². The number of nitrogens with zero attached hydrogens (tertiary/aromatic N) is 2. The molecule has 0 unspecified atom stereocenters. The van der Waals surface area contributed by atoms with Crippen molar-refractivity contribution >= 4 is 38.6 Å². The Labute approximate surface area is 124 Å². The topological polar surface area (TPSA) is 27.1 Å². The third-order valence-corrected chi connectivity index (χ3v) is 3.71. The van der Waals surface area contributed by atoms with Crippen LogP contribution in [-0.2, 0) is 17.7 Å². The summed E-state index contributed by atoms with van der Waals surface area (Å²) in [6.07, 6.45) is 1.55. The standard InChI is InChI=1S/C13H15BrClFN2O/c1-19-6-2-5-18-12-7-9(14)10(16)8-11(12)17-13(18)3-4-15/h7-8H,2-6H2,1H3. The van der Waals surface area contributed by atoms with Crippen LogP contribution in [0.5, 0.6) is 0 Å². The van der Waals surface area contributed by atoms with Crippen molar-refractivity contribution in [1.82, 2.24) is 9.55 Å². The number of ether oxygens (including phenoxy) is 1. The van der Waals surface area contributed by atoms with Crippen molar-refractivity contribution in [2.24, 2.45) is 0 Å². The minimum atomic E-state index is -0.300. The predicted octanol–water partition coefficient (Wildman–Crippen LogP) is 3.76. The van der Waals surface area contributed by atoms with E-state index >= 15 is 0 Å². The average molecular weight is 350 g/mol. The lowest BCUT2D eigenvalue weighted by molar-refractivity contribution is 0.190. The van der Waals surface area contributed by atoms with E-state index in [1.54, 1.807) is 13.2 Å². The molecule has 0 amide bonds. The summed E-state index contributed by atoms with van der Waals surface area (Å²) in [5.74, 6) is 1.09. The lowest BCUT2D eigenvalue weighted by Gasteiger charge is -2.08. The van der Waals surface area contributed by atoms with Crippen molar-refractivity contribution in [2.75, 3.05) is 19.6 Å². The molecule has 0 aliphatic carbocycles. The zero-order valence-electron chi connectivity index (χ0n) is 10.6. The highest BCUT2D eigenvalue weighted by Crippen LogP contribution is 2.25. The van der Waals surface area contributed by atoms with E-state index in [0.717, 1.165) is 24.3 Å². The second-order valence-corrected chi connectivity index (χ2v) is 5.45. The SMILES string of the molecule is COCCCn1c(CCCl)nc2cc(F)c(Br)cc21. The molecule has 2 rings (SSSR count). The number of methoxy groups -OCH3 is 1. The van der Waals surface area contributed by atoms with Gasteiger partial charge in [-0.15, -0.1) is 11.6 Å².